The Bertz CT molecular complexity index is 997. The van der Waals surface area contributed by atoms with Gasteiger partial charge in [-0.1, -0.05) is 41.6 Å². The molecule has 30 heavy (non-hydrogen) atoms. The van der Waals surface area contributed by atoms with E-state index in [1.165, 1.54) is 31.1 Å². The highest BCUT2D eigenvalue weighted by atomic mass is 16.6. The number of carbonyl (C=O) groups is 1. The zero-order chi connectivity index (χ0) is 21.1. The van der Waals surface area contributed by atoms with E-state index in [-0.39, 0.29) is 12.2 Å². The number of aliphatic carboxylic acids is 1. The van der Waals surface area contributed by atoms with Gasteiger partial charge in [0.25, 0.3) is 0 Å². The quantitative estimate of drug-likeness (QED) is 0.377. The molecule has 0 saturated heterocycles. The van der Waals surface area contributed by atoms with Crippen LogP contribution in [0.2, 0.25) is 0 Å². The number of rotatable bonds is 9. The van der Waals surface area contributed by atoms with E-state index in [1.807, 2.05) is 24.3 Å². The summed E-state index contributed by atoms with van der Waals surface area (Å²) in [6.07, 6.45) is 3.46. The number of hydrogen-bond acceptors (Lipinski definition) is 5. The van der Waals surface area contributed by atoms with Crippen molar-refractivity contribution in [1.29, 1.82) is 0 Å². The Hall–Kier alpha value is -3.28. The number of methoxy groups -OCH3 is 1. The van der Waals surface area contributed by atoms with E-state index in [0.29, 0.717) is 23.3 Å². The number of ether oxygens (including phenoxy) is 2. The molecule has 2 fully saturated rings. The van der Waals surface area contributed by atoms with Crippen molar-refractivity contribution in [2.75, 3.05) is 14.2 Å². The highest BCUT2D eigenvalue weighted by molar-refractivity contribution is 6.15. The summed E-state index contributed by atoms with van der Waals surface area (Å²) >= 11 is 0. The maximum Gasteiger partial charge on any atom is 0.339 e. The average molecular weight is 407 g/mol. The Kier molecular flexibility index (Phi) is 5.74. The number of hydrogen-bond donors (Lipinski definition) is 1. The maximum atomic E-state index is 11.6. The van der Waals surface area contributed by atoms with Gasteiger partial charge in [0.1, 0.15) is 25.0 Å². The summed E-state index contributed by atoms with van der Waals surface area (Å²) in [6.45, 7) is 0.273. The van der Waals surface area contributed by atoms with Crippen LogP contribution in [0.15, 0.2) is 59.9 Å². The van der Waals surface area contributed by atoms with E-state index in [0.717, 1.165) is 17.7 Å². The van der Waals surface area contributed by atoms with Gasteiger partial charge in [0, 0.05) is 5.92 Å². The van der Waals surface area contributed by atoms with Crippen LogP contribution in [0, 0.1) is 11.8 Å². The molecule has 0 aliphatic heterocycles. The summed E-state index contributed by atoms with van der Waals surface area (Å²) in [5.74, 6) is 1.49. The second-order valence-electron chi connectivity index (χ2n) is 7.67. The topological polar surface area (TPSA) is 77.4 Å². The van der Waals surface area contributed by atoms with E-state index >= 15 is 0 Å². The third-order valence-electron chi connectivity index (χ3n) is 5.72. The first-order valence-electron chi connectivity index (χ1n) is 9.99. The molecule has 0 aromatic heterocycles. The largest absolute Gasteiger partial charge is 0.503 e. The molecule has 1 unspecified atom stereocenters. The van der Waals surface area contributed by atoms with Crippen LogP contribution in [0.4, 0.5) is 0 Å². The lowest BCUT2D eigenvalue weighted by Crippen LogP contribution is -2.06. The lowest BCUT2D eigenvalue weighted by Gasteiger charge is -2.12. The molecule has 0 amide bonds. The molecule has 0 spiro atoms. The summed E-state index contributed by atoms with van der Waals surface area (Å²) in [4.78, 5) is 16.5. The van der Waals surface area contributed by atoms with Crippen molar-refractivity contribution < 1.29 is 24.2 Å². The molecule has 0 radical (unpaired) electrons. The van der Waals surface area contributed by atoms with Gasteiger partial charge in [-0.25, -0.2) is 4.79 Å². The third-order valence-corrected chi connectivity index (χ3v) is 5.72. The number of benzene rings is 2. The van der Waals surface area contributed by atoms with E-state index in [9.17, 15) is 9.90 Å². The van der Waals surface area contributed by atoms with E-state index in [2.05, 4.69) is 17.3 Å². The van der Waals surface area contributed by atoms with Crippen LogP contribution in [0.5, 0.6) is 5.75 Å². The fraction of sp³-hybridized carbons (Fsp3) is 0.333. The predicted octanol–water partition coefficient (Wildman–Crippen LogP) is 4.46. The first kappa shape index (κ1) is 20.0. The van der Waals surface area contributed by atoms with Gasteiger partial charge >= 0.3 is 5.97 Å². The molecule has 2 aliphatic rings. The number of oxime groups is 1. The minimum Gasteiger partial charge on any atom is -0.503 e. The summed E-state index contributed by atoms with van der Waals surface area (Å²) in [7, 11) is 3.03. The normalized spacial score (nSPS) is 23.7. The Balaban J connectivity index is 1.44. The van der Waals surface area contributed by atoms with Crippen molar-refractivity contribution in [3.63, 3.8) is 0 Å². The van der Waals surface area contributed by atoms with Gasteiger partial charge in [-0.3, -0.25) is 0 Å². The van der Waals surface area contributed by atoms with Crippen LogP contribution in [0.25, 0.3) is 5.57 Å². The fourth-order valence-electron chi connectivity index (χ4n) is 4.08. The molecule has 2 aromatic rings. The van der Waals surface area contributed by atoms with Crippen molar-refractivity contribution in [3.8, 4) is 5.75 Å². The van der Waals surface area contributed by atoms with Crippen molar-refractivity contribution in [3.05, 3.63) is 71.5 Å². The molecular formula is C24H25NO5. The van der Waals surface area contributed by atoms with Crippen LogP contribution in [-0.2, 0) is 21.0 Å². The Labute approximate surface area is 175 Å². The second-order valence-corrected chi connectivity index (χ2v) is 7.67. The lowest BCUT2D eigenvalue weighted by atomic mass is 10.0. The zero-order valence-corrected chi connectivity index (χ0v) is 17.1. The van der Waals surface area contributed by atoms with Crippen LogP contribution in [0.1, 0.15) is 35.4 Å². The molecule has 6 heteroatoms. The fourth-order valence-corrected chi connectivity index (χ4v) is 4.08. The van der Waals surface area contributed by atoms with Crippen molar-refractivity contribution in [2.45, 2.75) is 25.4 Å². The first-order valence-corrected chi connectivity index (χ1v) is 9.99. The Morgan fingerprint density at radius 1 is 1.17 bits per heavy atom. The number of nitrogens with zero attached hydrogens (tertiary/aromatic N) is 1. The monoisotopic (exact) mass is 407 g/mol. The molecule has 3 atom stereocenters. The van der Waals surface area contributed by atoms with Gasteiger partial charge in [0.05, 0.1) is 19.1 Å². The van der Waals surface area contributed by atoms with Crippen LogP contribution in [-0.4, -0.2) is 31.0 Å². The van der Waals surface area contributed by atoms with Crippen LogP contribution < -0.4 is 4.74 Å². The SMILES string of the molecule is CO/C=C(/C(=O)O)c1ccccc1COc1cccc([C@@H]2C[C@H]2C2CC2=NOC)c1. The van der Waals surface area contributed by atoms with Gasteiger partial charge < -0.3 is 19.4 Å². The summed E-state index contributed by atoms with van der Waals surface area (Å²) in [5.41, 5.74) is 3.93. The molecule has 2 saturated carbocycles. The van der Waals surface area contributed by atoms with E-state index in [1.54, 1.807) is 19.2 Å². The number of carboxylic acids is 1. The molecule has 1 N–H and O–H groups in total. The van der Waals surface area contributed by atoms with Crippen LogP contribution in [0.3, 0.4) is 0 Å². The van der Waals surface area contributed by atoms with Gasteiger partial charge in [-0.05, 0) is 53.5 Å². The molecule has 156 valence electrons. The van der Waals surface area contributed by atoms with Crippen molar-refractivity contribution >= 4 is 17.3 Å². The third kappa shape index (κ3) is 4.32. The summed E-state index contributed by atoms with van der Waals surface area (Å²) in [5, 5.41) is 13.6. The highest BCUT2D eigenvalue weighted by Crippen LogP contribution is 2.58. The van der Waals surface area contributed by atoms with Gasteiger partial charge in [0.15, 0.2) is 0 Å². The minimum atomic E-state index is -1.04. The molecule has 2 aliphatic carbocycles. The number of carboxylic acid groups (broad SMARTS) is 1. The minimum absolute atomic E-state index is 0.101. The standard InChI is InChI=1S/C24H25NO5/c1-28-14-22(24(26)27)18-9-4-3-6-16(18)13-30-17-8-5-7-15(10-17)19-11-20(19)21-12-23(21)25-29-2/h3-10,14,19-21H,11-13H2,1-2H3,(H,26,27)/b22-14+,25-23?/t19-,20+,21?/m0/s1. The molecule has 2 aromatic carbocycles. The van der Waals surface area contributed by atoms with Crippen LogP contribution >= 0.6 is 0 Å². The smallest absolute Gasteiger partial charge is 0.339 e. The lowest BCUT2D eigenvalue weighted by molar-refractivity contribution is -0.130. The van der Waals surface area contributed by atoms with Crippen molar-refractivity contribution in [1.82, 2.24) is 0 Å². The zero-order valence-electron chi connectivity index (χ0n) is 17.1. The highest BCUT2D eigenvalue weighted by Gasteiger charge is 2.52. The summed E-state index contributed by atoms with van der Waals surface area (Å²) in [6, 6.07) is 15.5. The molecule has 4 rings (SSSR count). The predicted molar refractivity (Wildman–Crippen MR) is 113 cm³/mol. The van der Waals surface area contributed by atoms with E-state index < -0.39 is 5.97 Å². The molecule has 0 heterocycles. The van der Waals surface area contributed by atoms with Gasteiger partial charge in [-0.15, -0.1) is 0 Å². The average Bonchev–Trinajstić information content (AvgIpc) is 3.66. The molecular weight excluding hydrogens is 382 g/mol. The summed E-state index contributed by atoms with van der Waals surface area (Å²) < 4.78 is 11.0. The second kappa shape index (κ2) is 8.61. The van der Waals surface area contributed by atoms with Gasteiger partial charge in [-0.2, -0.15) is 0 Å². The van der Waals surface area contributed by atoms with Crippen molar-refractivity contribution in [2.24, 2.45) is 17.0 Å². The molecule has 0 bridgehead atoms. The van der Waals surface area contributed by atoms with E-state index in [4.69, 9.17) is 14.3 Å². The first-order chi connectivity index (χ1) is 14.6. The molecule has 6 nitrogen and oxygen atoms in total. The Morgan fingerprint density at radius 3 is 2.77 bits per heavy atom. The Morgan fingerprint density at radius 2 is 2.00 bits per heavy atom. The maximum absolute atomic E-state index is 11.6. The van der Waals surface area contributed by atoms with Gasteiger partial charge in [0.2, 0.25) is 0 Å².